The highest BCUT2D eigenvalue weighted by atomic mass is 19.1. The van der Waals surface area contributed by atoms with Gasteiger partial charge in [0.1, 0.15) is 17.7 Å². The molecule has 0 saturated carbocycles. The molecule has 0 amide bonds. The molecule has 0 fully saturated rings. The van der Waals surface area contributed by atoms with E-state index in [0.29, 0.717) is 22.3 Å². The quantitative estimate of drug-likeness (QED) is 0.679. The van der Waals surface area contributed by atoms with Crippen LogP contribution in [-0.4, -0.2) is 27.7 Å². The normalized spacial score (nSPS) is 10.8. The molecule has 0 aliphatic rings. The van der Waals surface area contributed by atoms with Crippen molar-refractivity contribution >= 4 is 11.6 Å². The van der Waals surface area contributed by atoms with Crippen LogP contribution in [0.4, 0.5) is 4.39 Å². The smallest absolute Gasteiger partial charge is 0.342 e. The molecule has 5 nitrogen and oxygen atoms in total. The third kappa shape index (κ3) is 2.14. The third-order valence-corrected chi connectivity index (χ3v) is 3.27. The van der Waals surface area contributed by atoms with E-state index in [1.54, 1.807) is 22.7 Å². The first kappa shape index (κ1) is 13.2. The van der Waals surface area contributed by atoms with E-state index in [2.05, 4.69) is 10.1 Å². The number of hydrogen-bond donors (Lipinski definition) is 0. The molecule has 0 unspecified atom stereocenters. The van der Waals surface area contributed by atoms with Gasteiger partial charge in [-0.2, -0.15) is 5.10 Å². The van der Waals surface area contributed by atoms with Crippen LogP contribution in [0.2, 0.25) is 0 Å². The highest BCUT2D eigenvalue weighted by Gasteiger charge is 2.20. The Hall–Kier alpha value is -2.76. The van der Waals surface area contributed by atoms with Gasteiger partial charge < -0.3 is 4.74 Å². The van der Waals surface area contributed by atoms with Crippen LogP contribution in [0, 0.1) is 12.7 Å². The number of hydrogen-bond acceptors (Lipinski definition) is 4. The van der Waals surface area contributed by atoms with E-state index in [4.69, 9.17) is 4.74 Å². The monoisotopic (exact) mass is 285 g/mol. The van der Waals surface area contributed by atoms with E-state index in [1.807, 2.05) is 6.92 Å². The number of rotatable bonds is 2. The van der Waals surface area contributed by atoms with Gasteiger partial charge in [0, 0.05) is 11.3 Å². The minimum absolute atomic E-state index is 0.312. The van der Waals surface area contributed by atoms with E-state index >= 15 is 0 Å². The summed E-state index contributed by atoms with van der Waals surface area (Å²) in [6.45, 7) is 1.86. The van der Waals surface area contributed by atoms with Gasteiger partial charge in [0.25, 0.3) is 0 Å². The molecule has 1 aromatic carbocycles. The lowest BCUT2D eigenvalue weighted by molar-refractivity contribution is 0.0603. The largest absolute Gasteiger partial charge is 0.465 e. The average Bonchev–Trinajstić information content (AvgIpc) is 2.97. The predicted molar refractivity (Wildman–Crippen MR) is 74.5 cm³/mol. The van der Waals surface area contributed by atoms with Crippen LogP contribution in [0.25, 0.3) is 16.8 Å². The molecule has 0 aliphatic carbocycles. The van der Waals surface area contributed by atoms with Crippen LogP contribution >= 0.6 is 0 Å². The minimum atomic E-state index is -0.507. The number of fused-ring (bicyclic) bond motifs is 1. The lowest BCUT2D eigenvalue weighted by atomic mass is 10.00. The van der Waals surface area contributed by atoms with Gasteiger partial charge in [0.2, 0.25) is 0 Å². The fourth-order valence-corrected chi connectivity index (χ4v) is 2.29. The minimum Gasteiger partial charge on any atom is -0.465 e. The van der Waals surface area contributed by atoms with Gasteiger partial charge in [-0.1, -0.05) is 12.1 Å². The van der Waals surface area contributed by atoms with Gasteiger partial charge in [0.15, 0.2) is 5.65 Å². The summed E-state index contributed by atoms with van der Waals surface area (Å²) in [6.07, 6.45) is 1.38. The molecule has 0 atom stereocenters. The number of carbonyl (C=O) groups excluding carboxylic acids is 1. The Labute approximate surface area is 120 Å². The lowest BCUT2D eigenvalue weighted by Gasteiger charge is -2.11. The summed E-state index contributed by atoms with van der Waals surface area (Å²) in [5.74, 6) is -0.842. The maximum absolute atomic E-state index is 13.1. The van der Waals surface area contributed by atoms with Crippen molar-refractivity contribution in [3.8, 4) is 11.1 Å². The maximum Gasteiger partial charge on any atom is 0.342 e. The van der Waals surface area contributed by atoms with Crippen molar-refractivity contribution in [2.75, 3.05) is 7.11 Å². The molecule has 0 aliphatic heterocycles. The molecule has 0 saturated heterocycles. The van der Waals surface area contributed by atoms with Crippen molar-refractivity contribution in [2.24, 2.45) is 0 Å². The van der Waals surface area contributed by atoms with Crippen LogP contribution in [0.1, 0.15) is 16.1 Å². The Morgan fingerprint density at radius 1 is 1.29 bits per heavy atom. The highest BCUT2D eigenvalue weighted by Crippen LogP contribution is 2.28. The first-order valence-electron chi connectivity index (χ1n) is 6.29. The maximum atomic E-state index is 13.1. The fraction of sp³-hybridized carbons (Fsp3) is 0.133. The van der Waals surface area contributed by atoms with Crippen molar-refractivity contribution < 1.29 is 13.9 Å². The number of carbonyl (C=O) groups is 1. The van der Waals surface area contributed by atoms with Crippen LogP contribution in [0.5, 0.6) is 0 Å². The summed E-state index contributed by atoms with van der Waals surface area (Å²) in [6, 6.07) is 7.73. The molecular formula is C15H12FN3O2. The zero-order valence-electron chi connectivity index (χ0n) is 11.5. The number of benzene rings is 1. The molecule has 106 valence electrons. The van der Waals surface area contributed by atoms with Crippen molar-refractivity contribution in [1.29, 1.82) is 0 Å². The number of methoxy groups -OCH3 is 1. The van der Waals surface area contributed by atoms with E-state index in [-0.39, 0.29) is 5.82 Å². The highest BCUT2D eigenvalue weighted by molar-refractivity contribution is 6.03. The molecule has 3 rings (SSSR count). The molecule has 2 heterocycles. The van der Waals surface area contributed by atoms with E-state index in [9.17, 15) is 9.18 Å². The SMILES string of the molecule is COC(=O)c1c(-c2ccc(F)cc2)cc(C)n2ncnc12. The molecule has 6 heteroatoms. The van der Waals surface area contributed by atoms with Gasteiger partial charge in [0.05, 0.1) is 7.11 Å². The van der Waals surface area contributed by atoms with Crippen LogP contribution in [-0.2, 0) is 4.74 Å². The molecule has 0 spiro atoms. The van der Waals surface area contributed by atoms with Crippen LogP contribution < -0.4 is 0 Å². The van der Waals surface area contributed by atoms with E-state index in [0.717, 1.165) is 5.69 Å². The van der Waals surface area contributed by atoms with Gasteiger partial charge in [-0.25, -0.2) is 18.7 Å². The Balaban J connectivity index is 2.35. The summed E-state index contributed by atoms with van der Waals surface area (Å²) in [5, 5.41) is 4.08. The summed E-state index contributed by atoms with van der Waals surface area (Å²) < 4.78 is 19.5. The average molecular weight is 285 g/mol. The van der Waals surface area contributed by atoms with Gasteiger partial charge in [-0.05, 0) is 30.7 Å². The second-order valence-electron chi connectivity index (χ2n) is 4.57. The molecule has 21 heavy (non-hydrogen) atoms. The number of aryl methyl sites for hydroxylation is 1. The topological polar surface area (TPSA) is 56.5 Å². The van der Waals surface area contributed by atoms with Crippen molar-refractivity contribution in [3.63, 3.8) is 0 Å². The zero-order valence-corrected chi connectivity index (χ0v) is 11.5. The van der Waals surface area contributed by atoms with Gasteiger partial charge in [-0.3, -0.25) is 0 Å². The number of halogens is 1. The van der Waals surface area contributed by atoms with Gasteiger partial charge >= 0.3 is 5.97 Å². The molecule has 3 aromatic rings. The predicted octanol–water partition coefficient (Wildman–Crippen LogP) is 2.63. The van der Waals surface area contributed by atoms with Crippen molar-refractivity contribution in [3.05, 3.63) is 53.7 Å². The Bertz CT molecular complexity index is 825. The number of nitrogens with zero attached hydrogens (tertiary/aromatic N) is 3. The zero-order chi connectivity index (χ0) is 15.0. The summed E-state index contributed by atoms with van der Waals surface area (Å²) in [7, 11) is 1.31. The van der Waals surface area contributed by atoms with Crippen molar-refractivity contribution in [2.45, 2.75) is 6.92 Å². The Morgan fingerprint density at radius 2 is 2.00 bits per heavy atom. The molecule has 0 N–H and O–H groups in total. The van der Waals surface area contributed by atoms with Crippen molar-refractivity contribution in [1.82, 2.24) is 14.6 Å². The Morgan fingerprint density at radius 3 is 2.67 bits per heavy atom. The first-order valence-corrected chi connectivity index (χ1v) is 6.29. The second-order valence-corrected chi connectivity index (χ2v) is 4.57. The standard InChI is InChI=1S/C15H12FN3O2/c1-9-7-12(10-3-5-11(16)6-4-10)13(15(20)21-2)14-17-8-18-19(9)14/h3-8H,1-2H3. The summed E-state index contributed by atoms with van der Waals surface area (Å²) in [5.41, 5.74) is 2.90. The van der Waals surface area contributed by atoms with Crippen LogP contribution in [0.15, 0.2) is 36.7 Å². The molecule has 2 aromatic heterocycles. The van der Waals surface area contributed by atoms with E-state index < -0.39 is 5.97 Å². The second kappa shape index (κ2) is 4.97. The number of esters is 1. The van der Waals surface area contributed by atoms with E-state index in [1.165, 1.54) is 25.6 Å². The van der Waals surface area contributed by atoms with Gasteiger partial charge in [-0.15, -0.1) is 0 Å². The first-order chi connectivity index (χ1) is 10.1. The molecular weight excluding hydrogens is 273 g/mol. The summed E-state index contributed by atoms with van der Waals surface area (Å²) in [4.78, 5) is 16.2. The number of aromatic nitrogens is 3. The molecule has 0 radical (unpaired) electrons. The summed E-state index contributed by atoms with van der Waals surface area (Å²) >= 11 is 0. The Kier molecular flexibility index (Phi) is 3.13. The fourth-order valence-electron chi connectivity index (χ4n) is 2.29. The number of pyridine rings is 1. The van der Waals surface area contributed by atoms with Crippen LogP contribution in [0.3, 0.4) is 0 Å². The number of ether oxygens (including phenoxy) is 1. The third-order valence-electron chi connectivity index (χ3n) is 3.27. The molecule has 0 bridgehead atoms. The lowest BCUT2D eigenvalue weighted by Crippen LogP contribution is -2.09.